The third-order valence-electron chi connectivity index (χ3n) is 2.65. The van der Waals surface area contributed by atoms with E-state index in [2.05, 4.69) is 10.3 Å². The van der Waals surface area contributed by atoms with E-state index < -0.39 is 0 Å². The van der Waals surface area contributed by atoms with Crippen molar-refractivity contribution in [2.45, 2.75) is 12.5 Å². The van der Waals surface area contributed by atoms with Crippen LogP contribution in [0.15, 0.2) is 22.9 Å². The van der Waals surface area contributed by atoms with Crippen LogP contribution in [0, 0.1) is 0 Å². The van der Waals surface area contributed by atoms with Gasteiger partial charge in [-0.15, -0.1) is 22.7 Å². The molecule has 108 valence electrons. The molecule has 20 heavy (non-hydrogen) atoms. The van der Waals surface area contributed by atoms with Crippen LogP contribution in [0.3, 0.4) is 0 Å². The Labute approximate surface area is 125 Å². The Morgan fingerprint density at radius 2 is 2.40 bits per heavy atom. The first-order valence-corrected chi connectivity index (χ1v) is 7.90. The molecule has 1 atom stereocenters. The summed E-state index contributed by atoms with van der Waals surface area (Å²) in [6, 6.07) is 3.73. The number of methoxy groups -OCH3 is 1. The van der Waals surface area contributed by atoms with Gasteiger partial charge in [0.05, 0.1) is 17.5 Å². The number of nitrogens with one attached hydrogen (secondary N) is 1. The zero-order chi connectivity index (χ0) is 14.4. The predicted molar refractivity (Wildman–Crippen MR) is 80.3 cm³/mol. The standard InChI is InChI=1S/C13H16N2O3S2/c1-18-7-9(4-5-16)14-12(17)10-8-20-13(15-10)11-3-2-6-19-11/h2-3,6,8-9,16H,4-5,7H2,1H3,(H,14,17). The Bertz CT molecular complexity index is 534. The highest BCUT2D eigenvalue weighted by Gasteiger charge is 2.16. The predicted octanol–water partition coefficient (Wildman–Crippen LogP) is 2.00. The van der Waals surface area contributed by atoms with Crippen molar-refractivity contribution in [1.82, 2.24) is 10.3 Å². The molecule has 7 heteroatoms. The number of nitrogens with zero attached hydrogens (tertiary/aromatic N) is 1. The van der Waals surface area contributed by atoms with Crippen LogP contribution in [0.2, 0.25) is 0 Å². The second kappa shape index (κ2) is 7.49. The number of aromatic nitrogens is 1. The summed E-state index contributed by atoms with van der Waals surface area (Å²) in [5.41, 5.74) is 0.400. The van der Waals surface area contributed by atoms with Gasteiger partial charge in [-0.3, -0.25) is 4.79 Å². The van der Waals surface area contributed by atoms with Gasteiger partial charge in [0.15, 0.2) is 0 Å². The van der Waals surface area contributed by atoms with E-state index >= 15 is 0 Å². The van der Waals surface area contributed by atoms with Crippen LogP contribution in [0.25, 0.3) is 9.88 Å². The van der Waals surface area contributed by atoms with Crippen molar-refractivity contribution in [1.29, 1.82) is 0 Å². The second-order valence-electron chi connectivity index (χ2n) is 4.15. The zero-order valence-corrected chi connectivity index (χ0v) is 12.7. The van der Waals surface area contributed by atoms with Gasteiger partial charge in [-0.05, 0) is 17.9 Å². The first kappa shape index (κ1) is 15.1. The third-order valence-corrected chi connectivity index (χ3v) is 4.53. The fourth-order valence-electron chi connectivity index (χ4n) is 1.70. The van der Waals surface area contributed by atoms with Gasteiger partial charge in [-0.1, -0.05) is 6.07 Å². The van der Waals surface area contributed by atoms with E-state index in [1.165, 1.54) is 11.3 Å². The van der Waals surface area contributed by atoms with Gasteiger partial charge >= 0.3 is 0 Å². The average molecular weight is 312 g/mol. The number of carbonyl (C=O) groups is 1. The molecular weight excluding hydrogens is 296 g/mol. The van der Waals surface area contributed by atoms with Crippen LogP contribution in [-0.2, 0) is 4.74 Å². The molecule has 0 saturated heterocycles. The van der Waals surface area contributed by atoms with E-state index in [9.17, 15) is 4.79 Å². The molecule has 0 fully saturated rings. The highest BCUT2D eigenvalue weighted by molar-refractivity contribution is 7.20. The molecule has 2 heterocycles. The molecule has 0 spiro atoms. The summed E-state index contributed by atoms with van der Waals surface area (Å²) in [6.07, 6.45) is 0.460. The van der Waals surface area contributed by atoms with Crippen LogP contribution in [0.4, 0.5) is 0 Å². The lowest BCUT2D eigenvalue weighted by molar-refractivity contribution is 0.0874. The SMILES string of the molecule is COCC(CCO)NC(=O)c1csc(-c2cccs2)n1. The van der Waals surface area contributed by atoms with E-state index in [-0.39, 0.29) is 18.6 Å². The minimum Gasteiger partial charge on any atom is -0.396 e. The number of thiophene rings is 1. The van der Waals surface area contributed by atoms with E-state index in [0.29, 0.717) is 18.7 Å². The van der Waals surface area contributed by atoms with Crippen molar-refractivity contribution < 1.29 is 14.6 Å². The van der Waals surface area contributed by atoms with Gasteiger partial charge in [0.1, 0.15) is 10.7 Å². The number of aliphatic hydroxyl groups excluding tert-OH is 1. The Morgan fingerprint density at radius 1 is 1.55 bits per heavy atom. The number of hydrogen-bond acceptors (Lipinski definition) is 6. The molecule has 2 aromatic heterocycles. The number of thiazole rings is 1. The third kappa shape index (κ3) is 3.86. The van der Waals surface area contributed by atoms with Gasteiger partial charge in [0.2, 0.25) is 0 Å². The van der Waals surface area contributed by atoms with Gasteiger partial charge in [0, 0.05) is 19.1 Å². The number of hydrogen-bond donors (Lipinski definition) is 2. The minimum absolute atomic E-state index is 0.00577. The molecule has 0 bridgehead atoms. The summed E-state index contributed by atoms with van der Waals surface area (Å²) in [5, 5.41) is 16.3. The monoisotopic (exact) mass is 312 g/mol. The van der Waals surface area contributed by atoms with Crippen LogP contribution in [0.5, 0.6) is 0 Å². The lowest BCUT2D eigenvalue weighted by Crippen LogP contribution is -2.38. The highest BCUT2D eigenvalue weighted by Crippen LogP contribution is 2.27. The van der Waals surface area contributed by atoms with Crippen LogP contribution < -0.4 is 5.32 Å². The van der Waals surface area contributed by atoms with Crippen molar-refractivity contribution in [2.75, 3.05) is 20.3 Å². The molecule has 2 aromatic rings. The van der Waals surface area contributed by atoms with Gasteiger partial charge in [0.25, 0.3) is 5.91 Å². The number of rotatable bonds is 7. The van der Waals surface area contributed by atoms with E-state index in [1.54, 1.807) is 23.8 Å². The summed E-state index contributed by atoms with van der Waals surface area (Å²) in [6.45, 7) is 0.375. The maximum atomic E-state index is 12.1. The van der Waals surface area contributed by atoms with Gasteiger partial charge in [-0.25, -0.2) is 4.98 Å². The van der Waals surface area contributed by atoms with Crippen molar-refractivity contribution in [3.8, 4) is 9.88 Å². The first-order chi connectivity index (χ1) is 9.74. The Balaban J connectivity index is 2.02. The fourth-order valence-corrected chi connectivity index (χ4v) is 3.32. The maximum absolute atomic E-state index is 12.1. The molecule has 0 aromatic carbocycles. The number of ether oxygens (including phenoxy) is 1. The molecule has 1 amide bonds. The van der Waals surface area contributed by atoms with E-state index in [1.807, 2.05) is 17.5 Å². The van der Waals surface area contributed by atoms with Crippen molar-refractivity contribution in [3.05, 3.63) is 28.6 Å². The van der Waals surface area contributed by atoms with Crippen LogP contribution >= 0.6 is 22.7 Å². The number of carbonyl (C=O) groups excluding carboxylic acids is 1. The Hall–Kier alpha value is -1.28. The quantitative estimate of drug-likeness (QED) is 0.820. The van der Waals surface area contributed by atoms with Crippen molar-refractivity contribution in [3.63, 3.8) is 0 Å². The van der Waals surface area contributed by atoms with Crippen molar-refractivity contribution in [2.24, 2.45) is 0 Å². The minimum atomic E-state index is -0.237. The molecule has 0 radical (unpaired) electrons. The average Bonchev–Trinajstić information content (AvgIpc) is 3.10. The molecule has 5 nitrogen and oxygen atoms in total. The zero-order valence-electron chi connectivity index (χ0n) is 11.0. The summed E-state index contributed by atoms with van der Waals surface area (Å²) in [7, 11) is 1.56. The fraction of sp³-hybridized carbons (Fsp3) is 0.385. The Morgan fingerprint density at radius 3 is 3.05 bits per heavy atom. The van der Waals surface area contributed by atoms with Crippen molar-refractivity contribution >= 4 is 28.6 Å². The summed E-state index contributed by atoms with van der Waals surface area (Å²) >= 11 is 3.04. The van der Waals surface area contributed by atoms with Crippen LogP contribution in [0.1, 0.15) is 16.9 Å². The molecule has 0 aliphatic heterocycles. The van der Waals surface area contributed by atoms with Gasteiger partial charge in [-0.2, -0.15) is 0 Å². The van der Waals surface area contributed by atoms with Gasteiger partial charge < -0.3 is 15.2 Å². The Kier molecular flexibility index (Phi) is 5.66. The summed E-state index contributed by atoms with van der Waals surface area (Å²) < 4.78 is 5.02. The van der Waals surface area contributed by atoms with E-state index in [0.717, 1.165) is 9.88 Å². The second-order valence-corrected chi connectivity index (χ2v) is 5.96. The molecule has 2 N–H and O–H groups in total. The van der Waals surface area contributed by atoms with E-state index in [4.69, 9.17) is 9.84 Å². The molecular formula is C13H16N2O3S2. The maximum Gasteiger partial charge on any atom is 0.271 e. The lowest BCUT2D eigenvalue weighted by atomic mass is 10.2. The number of amides is 1. The summed E-state index contributed by atoms with van der Waals surface area (Å²) in [4.78, 5) is 17.5. The lowest BCUT2D eigenvalue weighted by Gasteiger charge is -2.15. The topological polar surface area (TPSA) is 71.5 Å². The largest absolute Gasteiger partial charge is 0.396 e. The first-order valence-electron chi connectivity index (χ1n) is 6.14. The van der Waals surface area contributed by atoms with Crippen LogP contribution in [-0.4, -0.2) is 42.4 Å². The molecule has 0 aliphatic rings. The number of aliphatic hydroxyl groups is 1. The molecule has 2 rings (SSSR count). The molecule has 0 saturated carbocycles. The smallest absolute Gasteiger partial charge is 0.271 e. The normalized spacial score (nSPS) is 12.3. The highest BCUT2D eigenvalue weighted by atomic mass is 32.1. The molecule has 1 unspecified atom stereocenters. The summed E-state index contributed by atoms with van der Waals surface area (Å²) in [5.74, 6) is -0.237. The molecule has 0 aliphatic carbocycles.